The zero-order chi connectivity index (χ0) is 21.3. The zero-order valence-corrected chi connectivity index (χ0v) is 17.9. The number of nitrogens with zero attached hydrogens (tertiary/aromatic N) is 4. The number of guanidine groups is 1. The number of halogens is 1. The van der Waals surface area contributed by atoms with Crippen molar-refractivity contribution in [2.45, 2.75) is 19.6 Å². The number of piperazine rings is 1. The molecule has 3 rings (SSSR count). The van der Waals surface area contributed by atoms with Gasteiger partial charge >= 0.3 is 0 Å². The molecule has 1 unspecified atom stereocenters. The smallest absolute Gasteiger partial charge is 0.191 e. The Balaban J connectivity index is 1.42. The van der Waals surface area contributed by atoms with Crippen LogP contribution in [0.1, 0.15) is 12.5 Å². The van der Waals surface area contributed by atoms with Crippen molar-refractivity contribution in [2.24, 2.45) is 4.99 Å². The highest BCUT2D eigenvalue weighted by atomic mass is 19.1. The number of hydrogen-bond acceptors (Lipinski definition) is 5. The van der Waals surface area contributed by atoms with Gasteiger partial charge in [0.15, 0.2) is 5.96 Å². The lowest BCUT2D eigenvalue weighted by Gasteiger charge is -2.33. The van der Waals surface area contributed by atoms with Gasteiger partial charge in [-0.25, -0.2) is 9.37 Å². The lowest BCUT2D eigenvalue weighted by Crippen LogP contribution is -2.44. The summed E-state index contributed by atoms with van der Waals surface area (Å²) >= 11 is 0. The van der Waals surface area contributed by atoms with Gasteiger partial charge in [0.1, 0.15) is 23.5 Å². The van der Waals surface area contributed by atoms with Gasteiger partial charge < -0.3 is 25.2 Å². The monoisotopic (exact) mass is 414 g/mol. The van der Waals surface area contributed by atoms with E-state index in [1.54, 1.807) is 19.2 Å². The van der Waals surface area contributed by atoms with E-state index >= 15 is 0 Å². The third kappa shape index (κ3) is 6.59. The SMILES string of the molecule is CN=C(NCc1ccc(N2CCN(C)CC2)nc1)NCC(C)Oc1cccc(F)c1. The summed E-state index contributed by atoms with van der Waals surface area (Å²) in [5, 5.41) is 6.51. The number of benzene rings is 1. The van der Waals surface area contributed by atoms with Crippen molar-refractivity contribution in [3.63, 3.8) is 0 Å². The Bertz CT molecular complexity index is 821. The van der Waals surface area contributed by atoms with Gasteiger partial charge in [0.25, 0.3) is 0 Å². The van der Waals surface area contributed by atoms with Crippen molar-refractivity contribution < 1.29 is 9.13 Å². The van der Waals surface area contributed by atoms with Crippen LogP contribution in [0.5, 0.6) is 5.75 Å². The Labute approximate surface area is 178 Å². The van der Waals surface area contributed by atoms with E-state index in [-0.39, 0.29) is 11.9 Å². The molecule has 0 radical (unpaired) electrons. The number of likely N-dealkylation sites (N-methyl/N-ethyl adjacent to an activating group) is 1. The minimum atomic E-state index is -0.308. The molecule has 2 aromatic rings. The molecular formula is C22H31FN6O. The third-order valence-electron chi connectivity index (χ3n) is 5.01. The van der Waals surface area contributed by atoms with Crippen molar-refractivity contribution in [1.82, 2.24) is 20.5 Å². The van der Waals surface area contributed by atoms with E-state index in [1.807, 2.05) is 13.1 Å². The molecule has 0 saturated carbocycles. The van der Waals surface area contributed by atoms with Crippen molar-refractivity contribution in [3.8, 4) is 5.75 Å². The molecule has 30 heavy (non-hydrogen) atoms. The number of nitrogens with one attached hydrogen (secondary N) is 2. The van der Waals surface area contributed by atoms with Crippen LogP contribution in [0.2, 0.25) is 0 Å². The average molecular weight is 415 g/mol. The average Bonchev–Trinajstić information content (AvgIpc) is 2.75. The summed E-state index contributed by atoms with van der Waals surface area (Å²) in [6, 6.07) is 10.3. The van der Waals surface area contributed by atoms with Gasteiger partial charge in [0.2, 0.25) is 0 Å². The second-order valence-electron chi connectivity index (χ2n) is 7.51. The van der Waals surface area contributed by atoms with Crippen LogP contribution >= 0.6 is 0 Å². The van der Waals surface area contributed by atoms with E-state index in [1.165, 1.54) is 12.1 Å². The molecule has 2 heterocycles. The number of ether oxygens (including phenoxy) is 1. The Kier molecular flexibility index (Phi) is 7.84. The molecule has 1 aliphatic rings. The third-order valence-corrected chi connectivity index (χ3v) is 5.01. The standard InChI is InChI=1S/C22H31FN6O/c1-17(30-20-6-4-5-19(23)13-20)14-26-22(24-2)27-16-18-7-8-21(25-15-18)29-11-9-28(3)10-12-29/h4-8,13,15,17H,9-12,14,16H2,1-3H3,(H2,24,26,27). The minimum absolute atomic E-state index is 0.144. The van der Waals surface area contributed by atoms with E-state index in [0.717, 1.165) is 37.6 Å². The summed E-state index contributed by atoms with van der Waals surface area (Å²) in [5.41, 5.74) is 1.08. The Morgan fingerprint density at radius 3 is 2.67 bits per heavy atom. The van der Waals surface area contributed by atoms with Crippen molar-refractivity contribution >= 4 is 11.8 Å². The highest BCUT2D eigenvalue weighted by Gasteiger charge is 2.15. The van der Waals surface area contributed by atoms with Crippen LogP contribution < -0.4 is 20.3 Å². The molecule has 0 bridgehead atoms. The first-order chi connectivity index (χ1) is 14.5. The Morgan fingerprint density at radius 1 is 1.20 bits per heavy atom. The topological polar surface area (TPSA) is 65.0 Å². The summed E-state index contributed by atoms with van der Waals surface area (Å²) < 4.78 is 19.0. The molecule has 1 atom stereocenters. The largest absolute Gasteiger partial charge is 0.489 e. The van der Waals surface area contributed by atoms with E-state index in [9.17, 15) is 4.39 Å². The van der Waals surface area contributed by atoms with Crippen molar-refractivity contribution in [3.05, 3.63) is 54.0 Å². The maximum atomic E-state index is 13.3. The number of anilines is 1. The van der Waals surface area contributed by atoms with Gasteiger partial charge in [-0.05, 0) is 37.7 Å². The van der Waals surface area contributed by atoms with Crippen LogP contribution in [0.4, 0.5) is 10.2 Å². The van der Waals surface area contributed by atoms with Crippen LogP contribution in [0, 0.1) is 5.82 Å². The molecule has 1 aromatic heterocycles. The maximum Gasteiger partial charge on any atom is 0.191 e. The van der Waals surface area contributed by atoms with Gasteiger partial charge in [-0.3, -0.25) is 4.99 Å². The summed E-state index contributed by atoms with van der Waals surface area (Å²) in [6.45, 7) is 7.22. The van der Waals surface area contributed by atoms with Gasteiger partial charge in [-0.15, -0.1) is 0 Å². The van der Waals surface area contributed by atoms with Gasteiger partial charge in [-0.2, -0.15) is 0 Å². The summed E-state index contributed by atoms with van der Waals surface area (Å²) in [6.07, 6.45) is 1.76. The highest BCUT2D eigenvalue weighted by Crippen LogP contribution is 2.14. The molecule has 0 aliphatic carbocycles. The molecule has 0 amide bonds. The van der Waals surface area contributed by atoms with Crippen LogP contribution in [0.15, 0.2) is 47.6 Å². The van der Waals surface area contributed by atoms with Crippen LogP contribution in [0.25, 0.3) is 0 Å². The van der Waals surface area contributed by atoms with Crippen LogP contribution in [-0.2, 0) is 6.54 Å². The normalized spacial score (nSPS) is 16.3. The fourth-order valence-corrected chi connectivity index (χ4v) is 3.20. The second kappa shape index (κ2) is 10.8. The number of rotatable bonds is 7. The summed E-state index contributed by atoms with van der Waals surface area (Å²) in [5.74, 6) is 1.90. The molecule has 162 valence electrons. The number of hydrogen-bond donors (Lipinski definition) is 2. The first kappa shape index (κ1) is 21.8. The summed E-state index contributed by atoms with van der Waals surface area (Å²) in [7, 11) is 3.87. The fourth-order valence-electron chi connectivity index (χ4n) is 3.20. The number of pyridine rings is 1. The fraction of sp³-hybridized carbons (Fsp3) is 0.455. The molecule has 1 aromatic carbocycles. The molecule has 0 spiro atoms. The molecule has 7 nitrogen and oxygen atoms in total. The van der Waals surface area contributed by atoms with Crippen molar-refractivity contribution in [2.75, 3.05) is 51.7 Å². The van der Waals surface area contributed by atoms with Crippen LogP contribution in [0.3, 0.4) is 0 Å². The minimum Gasteiger partial charge on any atom is -0.489 e. The van der Waals surface area contributed by atoms with E-state index in [4.69, 9.17) is 4.74 Å². The Hall–Kier alpha value is -2.87. The second-order valence-corrected chi connectivity index (χ2v) is 7.51. The van der Waals surface area contributed by atoms with Gasteiger partial charge in [-0.1, -0.05) is 12.1 Å². The predicted octanol–water partition coefficient (Wildman–Crippen LogP) is 2.10. The highest BCUT2D eigenvalue weighted by molar-refractivity contribution is 5.79. The molecule has 1 aliphatic heterocycles. The quantitative estimate of drug-likeness (QED) is 0.534. The van der Waals surface area contributed by atoms with Gasteiger partial charge in [0, 0.05) is 52.0 Å². The lowest BCUT2D eigenvalue weighted by atomic mass is 10.2. The Morgan fingerprint density at radius 2 is 2.00 bits per heavy atom. The van der Waals surface area contributed by atoms with Crippen LogP contribution in [-0.4, -0.2) is 68.8 Å². The summed E-state index contributed by atoms with van der Waals surface area (Å²) in [4.78, 5) is 13.5. The molecule has 2 N–H and O–H groups in total. The number of aliphatic imine (C=N–C) groups is 1. The molecule has 1 saturated heterocycles. The lowest BCUT2D eigenvalue weighted by molar-refractivity contribution is 0.223. The van der Waals surface area contributed by atoms with E-state index in [2.05, 4.69) is 49.6 Å². The zero-order valence-electron chi connectivity index (χ0n) is 17.9. The number of aromatic nitrogens is 1. The van der Waals surface area contributed by atoms with Crippen molar-refractivity contribution in [1.29, 1.82) is 0 Å². The first-order valence-corrected chi connectivity index (χ1v) is 10.3. The molecular weight excluding hydrogens is 383 g/mol. The molecule has 8 heteroatoms. The predicted molar refractivity (Wildman–Crippen MR) is 119 cm³/mol. The molecule has 1 fully saturated rings. The first-order valence-electron chi connectivity index (χ1n) is 10.3. The van der Waals surface area contributed by atoms with E-state index in [0.29, 0.717) is 24.8 Å². The van der Waals surface area contributed by atoms with Gasteiger partial charge in [0.05, 0.1) is 6.54 Å². The van der Waals surface area contributed by atoms with E-state index < -0.39 is 0 Å². The maximum absolute atomic E-state index is 13.3.